The van der Waals surface area contributed by atoms with Crippen molar-refractivity contribution in [3.63, 3.8) is 0 Å². The van der Waals surface area contributed by atoms with E-state index in [2.05, 4.69) is 40.9 Å². The third kappa shape index (κ3) is 4.39. The van der Waals surface area contributed by atoms with Gasteiger partial charge in [-0.3, -0.25) is 4.79 Å². The largest absolute Gasteiger partial charge is 0.324 e. The first-order chi connectivity index (χ1) is 10.1. The minimum Gasteiger partial charge on any atom is -0.324 e. The molecule has 0 fully saturated rings. The van der Waals surface area contributed by atoms with E-state index in [9.17, 15) is 4.79 Å². The molecule has 6 heteroatoms. The lowest BCUT2D eigenvalue weighted by molar-refractivity contribution is -0.116. The second-order valence-corrected chi connectivity index (χ2v) is 5.27. The summed E-state index contributed by atoms with van der Waals surface area (Å²) in [5, 5.41) is 13.8. The molecule has 1 amide bonds. The van der Waals surface area contributed by atoms with Crippen molar-refractivity contribution in [1.82, 2.24) is 20.3 Å². The van der Waals surface area contributed by atoms with E-state index in [1.54, 1.807) is 6.20 Å². The highest BCUT2D eigenvalue weighted by Crippen LogP contribution is 2.18. The fourth-order valence-corrected chi connectivity index (χ4v) is 2.00. The third-order valence-electron chi connectivity index (χ3n) is 3.09. The third-order valence-corrected chi connectivity index (χ3v) is 3.09. The van der Waals surface area contributed by atoms with Crippen LogP contribution in [0.3, 0.4) is 0 Å². The topological polar surface area (TPSA) is 71.8 Å². The highest BCUT2D eigenvalue weighted by Gasteiger charge is 2.07. The van der Waals surface area contributed by atoms with Crippen molar-refractivity contribution < 1.29 is 4.79 Å². The van der Waals surface area contributed by atoms with Gasteiger partial charge in [0.05, 0.1) is 11.9 Å². The van der Waals surface area contributed by atoms with E-state index in [1.807, 2.05) is 25.2 Å². The van der Waals surface area contributed by atoms with Crippen LogP contribution in [0.2, 0.25) is 0 Å². The predicted molar refractivity (Wildman–Crippen MR) is 81.9 cm³/mol. The summed E-state index contributed by atoms with van der Waals surface area (Å²) in [6, 6.07) is 7.89. The van der Waals surface area contributed by atoms with E-state index in [4.69, 9.17) is 0 Å². The van der Waals surface area contributed by atoms with Gasteiger partial charge in [0.15, 0.2) is 0 Å². The maximum Gasteiger partial charge on any atom is 0.246 e. The molecule has 1 heterocycles. The highest BCUT2D eigenvalue weighted by atomic mass is 16.2. The average Bonchev–Trinajstić information content (AvgIpc) is 2.86. The number of aromatic nitrogens is 3. The van der Waals surface area contributed by atoms with Crippen LogP contribution < -0.4 is 10.6 Å². The zero-order valence-corrected chi connectivity index (χ0v) is 12.6. The monoisotopic (exact) mass is 287 g/mol. The first-order valence-corrected chi connectivity index (χ1v) is 7.02. The Labute approximate surface area is 124 Å². The summed E-state index contributed by atoms with van der Waals surface area (Å²) in [5.41, 5.74) is 2.82. The fourth-order valence-electron chi connectivity index (χ4n) is 2.00. The molecule has 0 bridgehead atoms. The lowest BCUT2D eigenvalue weighted by Crippen LogP contribution is -2.19. The molecule has 0 radical (unpaired) electrons. The quantitative estimate of drug-likeness (QED) is 0.849. The average molecular weight is 287 g/mol. The number of amides is 1. The smallest absolute Gasteiger partial charge is 0.246 e. The number of nitrogens with one attached hydrogen (secondary N) is 2. The Hall–Kier alpha value is -2.21. The van der Waals surface area contributed by atoms with Crippen LogP contribution in [0.5, 0.6) is 0 Å². The standard InChI is InChI=1S/C15H21N5O/c1-11(2)12-5-4-6-13(7-12)17-15(21)10-20-9-14(8-16-3)18-19-20/h4-7,9,11,16H,8,10H2,1-3H3,(H,17,21). The second kappa shape index (κ2) is 6.99. The van der Waals surface area contributed by atoms with Crippen molar-refractivity contribution in [2.45, 2.75) is 32.9 Å². The molecule has 1 aromatic carbocycles. The maximum absolute atomic E-state index is 12.0. The first kappa shape index (κ1) is 15.2. The number of hydrogen-bond donors (Lipinski definition) is 2. The van der Waals surface area contributed by atoms with Gasteiger partial charge in [0.1, 0.15) is 6.54 Å². The van der Waals surface area contributed by atoms with Crippen molar-refractivity contribution in [1.29, 1.82) is 0 Å². The number of rotatable bonds is 6. The van der Waals surface area contributed by atoms with Crippen LogP contribution in [0.4, 0.5) is 5.69 Å². The Morgan fingerprint density at radius 3 is 2.90 bits per heavy atom. The lowest BCUT2D eigenvalue weighted by Gasteiger charge is -2.09. The second-order valence-electron chi connectivity index (χ2n) is 5.27. The summed E-state index contributed by atoms with van der Waals surface area (Å²) >= 11 is 0. The molecule has 0 atom stereocenters. The normalized spacial score (nSPS) is 10.9. The van der Waals surface area contributed by atoms with Crippen molar-refractivity contribution in [3.05, 3.63) is 41.7 Å². The molecule has 0 unspecified atom stereocenters. The molecule has 0 aliphatic rings. The van der Waals surface area contributed by atoms with Crippen molar-refractivity contribution in [2.24, 2.45) is 0 Å². The molecule has 0 saturated heterocycles. The summed E-state index contributed by atoms with van der Waals surface area (Å²) in [6.45, 7) is 5.04. The van der Waals surface area contributed by atoms with Gasteiger partial charge in [0.25, 0.3) is 0 Å². The van der Waals surface area contributed by atoms with Crippen LogP contribution >= 0.6 is 0 Å². The Kier molecular flexibility index (Phi) is 5.05. The molecule has 2 aromatic rings. The Balaban J connectivity index is 1.96. The molecule has 112 valence electrons. The molecular formula is C15H21N5O. The minimum absolute atomic E-state index is 0.114. The van der Waals surface area contributed by atoms with E-state index < -0.39 is 0 Å². The van der Waals surface area contributed by atoms with Gasteiger partial charge in [0, 0.05) is 12.2 Å². The Morgan fingerprint density at radius 1 is 1.38 bits per heavy atom. The minimum atomic E-state index is -0.114. The number of benzene rings is 1. The van der Waals surface area contributed by atoms with Crippen molar-refractivity contribution in [2.75, 3.05) is 12.4 Å². The van der Waals surface area contributed by atoms with Crippen LogP contribution in [0.15, 0.2) is 30.5 Å². The highest BCUT2D eigenvalue weighted by molar-refractivity contribution is 5.90. The van der Waals surface area contributed by atoms with Crippen molar-refractivity contribution in [3.8, 4) is 0 Å². The molecule has 6 nitrogen and oxygen atoms in total. The fraction of sp³-hybridized carbons (Fsp3) is 0.400. The van der Waals surface area contributed by atoms with Gasteiger partial charge in [-0.15, -0.1) is 5.10 Å². The predicted octanol–water partition coefficient (Wildman–Crippen LogP) is 1.76. The van der Waals surface area contributed by atoms with Gasteiger partial charge >= 0.3 is 0 Å². The number of carbonyl (C=O) groups is 1. The molecule has 2 N–H and O–H groups in total. The summed E-state index contributed by atoms with van der Waals surface area (Å²) < 4.78 is 1.54. The molecular weight excluding hydrogens is 266 g/mol. The molecule has 0 spiro atoms. The summed E-state index contributed by atoms with van der Waals surface area (Å²) in [4.78, 5) is 12.0. The number of anilines is 1. The van der Waals surface area contributed by atoms with E-state index in [1.165, 1.54) is 10.2 Å². The summed E-state index contributed by atoms with van der Waals surface area (Å²) in [5.74, 6) is 0.318. The van der Waals surface area contributed by atoms with Crippen LogP contribution in [0, 0.1) is 0 Å². The maximum atomic E-state index is 12.0. The van der Waals surface area contributed by atoms with Gasteiger partial charge in [0.2, 0.25) is 5.91 Å². The van der Waals surface area contributed by atoms with Gasteiger partial charge in [-0.1, -0.05) is 31.2 Å². The Bertz CT molecular complexity index is 606. The van der Waals surface area contributed by atoms with Gasteiger partial charge in [-0.25, -0.2) is 4.68 Å². The molecule has 1 aromatic heterocycles. The number of nitrogens with zero attached hydrogens (tertiary/aromatic N) is 3. The van der Waals surface area contributed by atoms with Crippen LogP contribution in [-0.2, 0) is 17.9 Å². The first-order valence-electron chi connectivity index (χ1n) is 7.02. The molecule has 0 aliphatic carbocycles. The lowest BCUT2D eigenvalue weighted by atomic mass is 10.0. The van der Waals surface area contributed by atoms with Gasteiger partial charge < -0.3 is 10.6 Å². The van der Waals surface area contributed by atoms with E-state index >= 15 is 0 Å². The van der Waals surface area contributed by atoms with Crippen molar-refractivity contribution >= 4 is 11.6 Å². The molecule has 0 saturated carbocycles. The Morgan fingerprint density at radius 2 is 2.19 bits per heavy atom. The zero-order valence-electron chi connectivity index (χ0n) is 12.6. The van der Waals surface area contributed by atoms with E-state index in [0.717, 1.165) is 11.4 Å². The van der Waals surface area contributed by atoms with Crippen LogP contribution in [-0.4, -0.2) is 27.9 Å². The molecule has 0 aliphatic heterocycles. The van der Waals surface area contributed by atoms with Crippen LogP contribution in [0.1, 0.15) is 31.0 Å². The van der Waals surface area contributed by atoms with E-state index in [0.29, 0.717) is 12.5 Å². The van der Waals surface area contributed by atoms with Gasteiger partial charge in [-0.2, -0.15) is 0 Å². The number of hydrogen-bond acceptors (Lipinski definition) is 4. The molecule has 2 rings (SSSR count). The SMILES string of the molecule is CNCc1cn(CC(=O)Nc2cccc(C(C)C)c2)nn1. The van der Waals surface area contributed by atoms with Crippen LogP contribution in [0.25, 0.3) is 0 Å². The summed E-state index contributed by atoms with van der Waals surface area (Å²) in [7, 11) is 1.84. The summed E-state index contributed by atoms with van der Waals surface area (Å²) in [6.07, 6.45) is 1.76. The number of carbonyl (C=O) groups excluding carboxylic acids is 1. The van der Waals surface area contributed by atoms with Gasteiger partial charge in [-0.05, 0) is 30.7 Å². The van der Waals surface area contributed by atoms with E-state index in [-0.39, 0.29) is 12.5 Å². The zero-order chi connectivity index (χ0) is 15.2. The molecule has 21 heavy (non-hydrogen) atoms.